The Kier molecular flexibility index (Phi) is 4.34. The van der Waals surface area contributed by atoms with Crippen LogP contribution in [0.4, 0.5) is 0 Å². The summed E-state index contributed by atoms with van der Waals surface area (Å²) >= 11 is 0. The van der Waals surface area contributed by atoms with E-state index in [1.165, 1.54) is 19.3 Å². The van der Waals surface area contributed by atoms with Gasteiger partial charge in [0.2, 0.25) is 5.79 Å². The van der Waals surface area contributed by atoms with Gasteiger partial charge >= 0.3 is 0 Å². The average molecular weight is 218 g/mol. The molecule has 2 rings (SSSR count). The molecule has 0 N–H and O–H groups in total. The van der Waals surface area contributed by atoms with E-state index >= 15 is 0 Å². The molecule has 15 heavy (non-hydrogen) atoms. The van der Waals surface area contributed by atoms with Crippen molar-refractivity contribution in [2.75, 3.05) is 13.6 Å². The second-order valence-corrected chi connectivity index (χ2v) is 4.02. The smallest absolute Gasteiger partial charge is 0.234 e. The van der Waals surface area contributed by atoms with Crippen LogP contribution in [0, 0.1) is 0 Å². The molecule has 5 heteroatoms. The van der Waals surface area contributed by atoms with Gasteiger partial charge in [0, 0.05) is 12.8 Å². The molecule has 1 saturated heterocycles. The summed E-state index contributed by atoms with van der Waals surface area (Å²) in [6.07, 6.45) is 7.50. The van der Waals surface area contributed by atoms with Crippen LogP contribution in [0.1, 0.15) is 44.9 Å². The molecule has 1 saturated carbocycles. The molecule has 0 aromatic carbocycles. The first-order valence-electron chi connectivity index (χ1n) is 5.60. The predicted octanol–water partition coefficient (Wildman–Crippen LogP) is 2.27. The van der Waals surface area contributed by atoms with Gasteiger partial charge in [0.05, 0.1) is 0 Å². The van der Waals surface area contributed by atoms with Crippen molar-refractivity contribution < 1.29 is 24.3 Å². The zero-order valence-corrected chi connectivity index (χ0v) is 8.91. The fourth-order valence-corrected chi connectivity index (χ4v) is 1.99. The average Bonchev–Trinajstić information content (AvgIpc) is 2.15. The van der Waals surface area contributed by atoms with E-state index in [4.69, 9.17) is 24.3 Å². The van der Waals surface area contributed by atoms with Crippen molar-refractivity contribution in [3.8, 4) is 0 Å². The zero-order valence-electron chi connectivity index (χ0n) is 8.91. The molecule has 2 aliphatic rings. The van der Waals surface area contributed by atoms with E-state index in [0.717, 1.165) is 25.7 Å². The van der Waals surface area contributed by atoms with Crippen LogP contribution < -0.4 is 0 Å². The van der Waals surface area contributed by atoms with Crippen LogP contribution in [-0.2, 0) is 24.3 Å². The maximum Gasteiger partial charge on any atom is 0.234 e. The molecule has 0 aromatic rings. The number of hydrogen-bond donors (Lipinski definition) is 0. The van der Waals surface area contributed by atoms with Gasteiger partial charge < -0.3 is 4.74 Å². The molecule has 1 aliphatic carbocycles. The lowest BCUT2D eigenvalue weighted by molar-refractivity contribution is -0.558. The van der Waals surface area contributed by atoms with Gasteiger partial charge in [-0.15, -0.1) is 0 Å². The molecule has 1 aliphatic heterocycles. The van der Waals surface area contributed by atoms with Crippen LogP contribution in [-0.4, -0.2) is 19.4 Å². The van der Waals surface area contributed by atoms with Crippen LogP contribution in [0.3, 0.4) is 0 Å². The number of rotatable bonds is 0. The molecular weight excluding hydrogens is 200 g/mol. The van der Waals surface area contributed by atoms with Crippen molar-refractivity contribution in [2.24, 2.45) is 0 Å². The topological polar surface area (TPSA) is 46.2 Å². The highest BCUT2D eigenvalue weighted by Gasteiger charge is 2.36. The first kappa shape index (κ1) is 11.3. The van der Waals surface area contributed by atoms with E-state index in [1.54, 1.807) is 0 Å². The standard InChI is InChI=1S/C10H18O5/c1-2-4-6-10(7-5-3-1)14-12-8-11-9-13-15-10/h1-9H2. The monoisotopic (exact) mass is 218 g/mol. The third-order valence-electron chi connectivity index (χ3n) is 2.80. The Morgan fingerprint density at radius 3 is 1.80 bits per heavy atom. The third kappa shape index (κ3) is 3.39. The van der Waals surface area contributed by atoms with Gasteiger partial charge in [-0.2, -0.15) is 9.78 Å². The molecule has 88 valence electrons. The molecule has 0 bridgehead atoms. The molecule has 0 radical (unpaired) electrons. The molecule has 0 unspecified atom stereocenters. The molecule has 5 nitrogen and oxygen atoms in total. The van der Waals surface area contributed by atoms with E-state index in [9.17, 15) is 0 Å². The highest BCUT2D eigenvalue weighted by atomic mass is 17.3. The first-order valence-corrected chi connectivity index (χ1v) is 5.60. The molecule has 1 heterocycles. The normalized spacial score (nSPS) is 28.8. The summed E-state index contributed by atoms with van der Waals surface area (Å²) in [7, 11) is 0. The molecule has 0 amide bonds. The summed E-state index contributed by atoms with van der Waals surface area (Å²) in [6, 6.07) is 0. The Morgan fingerprint density at radius 1 is 0.667 bits per heavy atom. The van der Waals surface area contributed by atoms with E-state index < -0.39 is 5.79 Å². The summed E-state index contributed by atoms with van der Waals surface area (Å²) in [4.78, 5) is 20.4. The van der Waals surface area contributed by atoms with E-state index in [0.29, 0.717) is 0 Å². The quantitative estimate of drug-likeness (QED) is 0.584. The fraction of sp³-hybridized carbons (Fsp3) is 1.00. The van der Waals surface area contributed by atoms with Gasteiger partial charge in [-0.3, -0.25) is 0 Å². The second-order valence-electron chi connectivity index (χ2n) is 4.02. The fourth-order valence-electron chi connectivity index (χ4n) is 1.99. The molecule has 2 fully saturated rings. The van der Waals surface area contributed by atoms with Gasteiger partial charge in [0.15, 0.2) is 13.6 Å². The Labute approximate surface area is 89.4 Å². The Hall–Kier alpha value is -0.200. The zero-order chi connectivity index (χ0) is 10.4. The van der Waals surface area contributed by atoms with Gasteiger partial charge in [-0.05, 0) is 12.8 Å². The minimum Gasteiger partial charge on any atom is -0.323 e. The maximum atomic E-state index is 5.27. The van der Waals surface area contributed by atoms with Crippen molar-refractivity contribution in [1.29, 1.82) is 0 Å². The number of ether oxygens (including phenoxy) is 1. The highest BCUT2D eigenvalue weighted by Crippen LogP contribution is 2.31. The van der Waals surface area contributed by atoms with E-state index in [2.05, 4.69) is 0 Å². The summed E-state index contributed by atoms with van der Waals surface area (Å²) < 4.78 is 4.87. The molecular formula is C10H18O5. The summed E-state index contributed by atoms with van der Waals surface area (Å²) in [5.41, 5.74) is 0. The van der Waals surface area contributed by atoms with Crippen LogP contribution in [0.25, 0.3) is 0 Å². The van der Waals surface area contributed by atoms with Crippen LogP contribution in [0.5, 0.6) is 0 Å². The molecule has 1 spiro atoms. The lowest BCUT2D eigenvalue weighted by Gasteiger charge is -2.33. The van der Waals surface area contributed by atoms with Crippen molar-refractivity contribution in [3.05, 3.63) is 0 Å². The SMILES string of the molecule is C1CCCC2(CCC1)OOCOCOO2. The van der Waals surface area contributed by atoms with Crippen molar-refractivity contribution in [2.45, 2.75) is 50.7 Å². The molecule has 0 atom stereocenters. The van der Waals surface area contributed by atoms with Gasteiger partial charge in [0.1, 0.15) is 0 Å². The third-order valence-corrected chi connectivity index (χ3v) is 2.80. The van der Waals surface area contributed by atoms with Gasteiger partial charge in [-0.1, -0.05) is 19.3 Å². The van der Waals surface area contributed by atoms with E-state index in [1.807, 2.05) is 0 Å². The summed E-state index contributed by atoms with van der Waals surface area (Å²) in [5, 5.41) is 0. The van der Waals surface area contributed by atoms with E-state index in [-0.39, 0.29) is 13.6 Å². The first-order chi connectivity index (χ1) is 7.41. The van der Waals surface area contributed by atoms with Crippen molar-refractivity contribution >= 4 is 0 Å². The highest BCUT2D eigenvalue weighted by molar-refractivity contribution is 4.70. The van der Waals surface area contributed by atoms with Crippen LogP contribution in [0.15, 0.2) is 0 Å². The minimum atomic E-state index is -0.718. The minimum absolute atomic E-state index is 0.0884. The van der Waals surface area contributed by atoms with Crippen LogP contribution in [0.2, 0.25) is 0 Å². The lowest BCUT2D eigenvalue weighted by Crippen LogP contribution is -2.39. The summed E-state index contributed by atoms with van der Waals surface area (Å²) in [6.45, 7) is 0.177. The Balaban J connectivity index is 1.92. The Bertz CT molecular complexity index is 145. The predicted molar refractivity (Wildman–Crippen MR) is 50.2 cm³/mol. The second kappa shape index (κ2) is 5.77. The Morgan fingerprint density at radius 2 is 1.20 bits per heavy atom. The largest absolute Gasteiger partial charge is 0.323 e. The van der Waals surface area contributed by atoms with Crippen LogP contribution >= 0.6 is 0 Å². The maximum absolute atomic E-state index is 5.27. The number of hydrogen-bond acceptors (Lipinski definition) is 5. The lowest BCUT2D eigenvalue weighted by atomic mass is 9.96. The van der Waals surface area contributed by atoms with Crippen molar-refractivity contribution in [3.63, 3.8) is 0 Å². The van der Waals surface area contributed by atoms with Crippen molar-refractivity contribution in [1.82, 2.24) is 0 Å². The molecule has 0 aromatic heterocycles. The van der Waals surface area contributed by atoms with Gasteiger partial charge in [-0.25, -0.2) is 9.78 Å². The summed E-state index contributed by atoms with van der Waals surface area (Å²) in [5.74, 6) is -0.718. The van der Waals surface area contributed by atoms with Gasteiger partial charge in [0.25, 0.3) is 0 Å².